The summed E-state index contributed by atoms with van der Waals surface area (Å²) in [6.45, 7) is 0. The summed E-state index contributed by atoms with van der Waals surface area (Å²) in [6.07, 6.45) is 0.758. The normalized spacial score (nSPS) is 10.8. The number of aromatic nitrogens is 1. The van der Waals surface area contributed by atoms with Crippen molar-refractivity contribution in [1.82, 2.24) is 4.98 Å². The van der Waals surface area contributed by atoms with Crippen LogP contribution in [0.15, 0.2) is 51.7 Å². The van der Waals surface area contributed by atoms with Gasteiger partial charge in [-0.15, -0.1) is 11.3 Å². The molecule has 0 aliphatic carbocycles. The molecule has 0 N–H and O–H groups in total. The average Bonchev–Trinajstić information content (AvgIpc) is 2.81. The molecule has 3 rings (SSSR count). The second kappa shape index (κ2) is 5.33. The van der Waals surface area contributed by atoms with Crippen molar-refractivity contribution in [3.05, 3.63) is 53.1 Å². The van der Waals surface area contributed by atoms with Gasteiger partial charge in [-0.25, -0.2) is 4.98 Å². The first-order valence-corrected chi connectivity index (χ1v) is 7.55. The van der Waals surface area contributed by atoms with E-state index < -0.39 is 0 Å². The molecule has 0 fully saturated rings. The number of hydrogen-bond acceptors (Lipinski definition) is 4. The fourth-order valence-electron chi connectivity index (χ4n) is 1.66. The number of aldehydes is 1. The second-order valence-electron chi connectivity index (χ2n) is 3.85. The van der Waals surface area contributed by atoms with E-state index in [1.54, 1.807) is 35.2 Å². The quantitative estimate of drug-likeness (QED) is 0.644. The number of carbonyl (C=O) groups is 1. The maximum absolute atomic E-state index is 10.7. The van der Waals surface area contributed by atoms with Gasteiger partial charge in [0.2, 0.25) is 0 Å². The third-order valence-electron chi connectivity index (χ3n) is 2.58. The number of benzene rings is 2. The third-order valence-corrected chi connectivity index (χ3v) is 4.99. The Balaban J connectivity index is 1.92. The van der Waals surface area contributed by atoms with E-state index in [2.05, 4.69) is 11.1 Å². The van der Waals surface area contributed by atoms with Gasteiger partial charge in [0, 0.05) is 10.5 Å². The summed E-state index contributed by atoms with van der Waals surface area (Å²) in [7, 11) is 0. The molecule has 2 aromatic carbocycles. The zero-order chi connectivity index (χ0) is 13.2. The van der Waals surface area contributed by atoms with Crippen LogP contribution in [-0.4, -0.2) is 11.3 Å². The monoisotopic (exact) mass is 305 g/mol. The maximum Gasteiger partial charge on any atom is 0.155 e. The van der Waals surface area contributed by atoms with Gasteiger partial charge in [0.1, 0.15) is 0 Å². The first-order chi connectivity index (χ1) is 9.26. The van der Waals surface area contributed by atoms with Gasteiger partial charge in [-0.05, 0) is 30.3 Å². The highest BCUT2D eigenvalue weighted by Crippen LogP contribution is 2.35. The minimum atomic E-state index is 0.473. The molecular formula is C14H8ClNOS2. The summed E-state index contributed by atoms with van der Waals surface area (Å²) < 4.78 is 2.14. The Bertz CT molecular complexity index is 721. The number of carbonyl (C=O) groups excluding carboxylic acids is 1. The molecule has 0 radical (unpaired) electrons. The highest BCUT2D eigenvalue weighted by molar-refractivity contribution is 8.01. The van der Waals surface area contributed by atoms with E-state index in [9.17, 15) is 4.79 Å². The van der Waals surface area contributed by atoms with Crippen LogP contribution in [0.1, 0.15) is 10.4 Å². The standard InChI is InChI=1S/C14H8ClNOS2/c15-11-7-10(6-5-9(11)8-17)18-14-16-12-3-1-2-4-13(12)19-14/h1-8H. The number of rotatable bonds is 3. The Morgan fingerprint density at radius 2 is 2.05 bits per heavy atom. The van der Waals surface area contributed by atoms with Crippen molar-refractivity contribution in [1.29, 1.82) is 0 Å². The summed E-state index contributed by atoms with van der Waals surface area (Å²) in [4.78, 5) is 16.2. The van der Waals surface area contributed by atoms with Crippen LogP contribution in [0.25, 0.3) is 10.2 Å². The lowest BCUT2D eigenvalue weighted by Crippen LogP contribution is -1.82. The lowest BCUT2D eigenvalue weighted by atomic mass is 10.2. The van der Waals surface area contributed by atoms with E-state index in [-0.39, 0.29) is 0 Å². The molecule has 94 valence electrons. The summed E-state index contributed by atoms with van der Waals surface area (Å²) in [5, 5.41) is 0.473. The molecule has 0 aliphatic heterocycles. The van der Waals surface area contributed by atoms with E-state index in [0.29, 0.717) is 10.6 Å². The molecule has 0 bridgehead atoms. The molecule has 0 aliphatic rings. The third kappa shape index (κ3) is 2.66. The Hall–Kier alpha value is -1.36. The second-order valence-corrected chi connectivity index (χ2v) is 6.61. The van der Waals surface area contributed by atoms with Crippen molar-refractivity contribution in [2.45, 2.75) is 9.24 Å². The first kappa shape index (κ1) is 12.7. The fourth-order valence-corrected chi connectivity index (χ4v) is 4.03. The summed E-state index contributed by atoms with van der Waals surface area (Å²) in [6, 6.07) is 13.4. The van der Waals surface area contributed by atoms with Crippen LogP contribution in [0.5, 0.6) is 0 Å². The van der Waals surface area contributed by atoms with Crippen molar-refractivity contribution in [3.8, 4) is 0 Å². The highest BCUT2D eigenvalue weighted by atomic mass is 35.5. The van der Waals surface area contributed by atoms with Gasteiger partial charge >= 0.3 is 0 Å². The van der Waals surface area contributed by atoms with Gasteiger partial charge in [0.25, 0.3) is 0 Å². The Labute approximate surface area is 123 Å². The molecule has 1 aromatic heterocycles. The Morgan fingerprint density at radius 1 is 1.21 bits per heavy atom. The molecular weight excluding hydrogens is 298 g/mol. The predicted octanol–water partition coefficient (Wildman–Crippen LogP) is 4.91. The number of thiazole rings is 1. The smallest absolute Gasteiger partial charge is 0.155 e. The molecule has 0 saturated carbocycles. The largest absolute Gasteiger partial charge is 0.298 e. The molecule has 0 amide bonds. The molecule has 0 spiro atoms. The van der Waals surface area contributed by atoms with Crippen molar-refractivity contribution in [2.75, 3.05) is 0 Å². The molecule has 3 aromatic rings. The van der Waals surface area contributed by atoms with Gasteiger partial charge in [-0.3, -0.25) is 4.79 Å². The topological polar surface area (TPSA) is 30.0 Å². The summed E-state index contributed by atoms with van der Waals surface area (Å²) in [5.41, 5.74) is 1.51. The lowest BCUT2D eigenvalue weighted by Gasteiger charge is -2.00. The van der Waals surface area contributed by atoms with Gasteiger partial charge < -0.3 is 0 Å². The van der Waals surface area contributed by atoms with Crippen LogP contribution >= 0.6 is 34.7 Å². The van der Waals surface area contributed by atoms with Crippen molar-refractivity contribution in [2.24, 2.45) is 0 Å². The first-order valence-electron chi connectivity index (χ1n) is 5.54. The molecule has 19 heavy (non-hydrogen) atoms. The van der Waals surface area contributed by atoms with E-state index >= 15 is 0 Å². The highest BCUT2D eigenvalue weighted by Gasteiger charge is 2.07. The number of para-hydroxylation sites is 1. The molecule has 5 heteroatoms. The predicted molar refractivity (Wildman–Crippen MR) is 80.6 cm³/mol. The molecule has 0 unspecified atom stereocenters. The molecule has 0 atom stereocenters. The van der Waals surface area contributed by atoms with Gasteiger partial charge in [0.15, 0.2) is 10.6 Å². The maximum atomic E-state index is 10.7. The van der Waals surface area contributed by atoms with Crippen LogP contribution in [0, 0.1) is 0 Å². The zero-order valence-corrected chi connectivity index (χ0v) is 12.1. The SMILES string of the molecule is O=Cc1ccc(Sc2nc3ccccc3s2)cc1Cl. The molecule has 2 nitrogen and oxygen atoms in total. The van der Waals surface area contributed by atoms with Gasteiger partial charge in [-0.1, -0.05) is 35.5 Å². The van der Waals surface area contributed by atoms with Gasteiger partial charge in [-0.2, -0.15) is 0 Å². The Morgan fingerprint density at radius 3 is 2.79 bits per heavy atom. The minimum Gasteiger partial charge on any atom is -0.298 e. The zero-order valence-electron chi connectivity index (χ0n) is 9.67. The van der Waals surface area contributed by atoms with Crippen LogP contribution in [0.2, 0.25) is 5.02 Å². The Kier molecular flexibility index (Phi) is 3.55. The van der Waals surface area contributed by atoms with E-state index in [4.69, 9.17) is 11.6 Å². The number of hydrogen-bond donors (Lipinski definition) is 0. The van der Waals surface area contributed by atoms with Gasteiger partial charge in [0.05, 0.1) is 15.2 Å². The van der Waals surface area contributed by atoms with Crippen molar-refractivity contribution in [3.63, 3.8) is 0 Å². The van der Waals surface area contributed by atoms with E-state index in [0.717, 1.165) is 21.0 Å². The van der Waals surface area contributed by atoms with Crippen LogP contribution in [0.3, 0.4) is 0 Å². The van der Waals surface area contributed by atoms with E-state index in [1.165, 1.54) is 4.70 Å². The van der Waals surface area contributed by atoms with Crippen LogP contribution < -0.4 is 0 Å². The number of nitrogens with zero attached hydrogens (tertiary/aromatic N) is 1. The fraction of sp³-hybridized carbons (Fsp3) is 0. The average molecular weight is 306 g/mol. The summed E-state index contributed by atoms with van der Waals surface area (Å²) >= 11 is 9.21. The van der Waals surface area contributed by atoms with Crippen LogP contribution in [-0.2, 0) is 0 Å². The minimum absolute atomic E-state index is 0.473. The number of halogens is 1. The summed E-state index contributed by atoms with van der Waals surface area (Å²) in [5.74, 6) is 0. The van der Waals surface area contributed by atoms with E-state index in [1.807, 2.05) is 24.3 Å². The number of fused-ring (bicyclic) bond motifs is 1. The van der Waals surface area contributed by atoms with Crippen molar-refractivity contribution >= 4 is 51.2 Å². The lowest BCUT2D eigenvalue weighted by molar-refractivity contribution is 0.112. The van der Waals surface area contributed by atoms with Crippen LogP contribution in [0.4, 0.5) is 0 Å². The molecule has 0 saturated heterocycles. The molecule has 1 heterocycles. The van der Waals surface area contributed by atoms with Crippen molar-refractivity contribution < 1.29 is 4.79 Å².